The second-order valence-electron chi connectivity index (χ2n) is 7.17. The number of fused-ring (bicyclic) bond motifs is 1. The number of hydrogen-bond acceptors (Lipinski definition) is 3. The molecular weight excluding hydrogens is 336 g/mol. The van der Waals surface area contributed by atoms with E-state index in [1.165, 1.54) is 11.1 Å². The van der Waals surface area contributed by atoms with E-state index in [0.29, 0.717) is 0 Å². The van der Waals surface area contributed by atoms with Gasteiger partial charge in [0, 0.05) is 13.2 Å². The van der Waals surface area contributed by atoms with Crippen LogP contribution >= 0.6 is 0 Å². The molecule has 4 heteroatoms. The lowest BCUT2D eigenvalue weighted by Crippen LogP contribution is -2.10. The highest BCUT2D eigenvalue weighted by molar-refractivity contribution is 5.76. The monoisotopic (exact) mass is 364 g/mol. The number of ether oxygens (including phenoxy) is 2. The van der Waals surface area contributed by atoms with Gasteiger partial charge in [0.05, 0.1) is 17.6 Å². The Morgan fingerprint density at radius 3 is 2.74 bits per heavy atom. The number of imidazole rings is 1. The lowest BCUT2D eigenvalue weighted by atomic mass is 10.2. The van der Waals surface area contributed by atoms with Gasteiger partial charge in [-0.05, 0) is 61.9 Å². The summed E-state index contributed by atoms with van der Waals surface area (Å²) >= 11 is 0. The first-order valence-electron chi connectivity index (χ1n) is 10.1. The molecule has 142 valence electrons. The van der Waals surface area contributed by atoms with Gasteiger partial charge < -0.3 is 14.0 Å². The molecule has 0 amide bonds. The lowest BCUT2D eigenvalue weighted by molar-refractivity contribution is 0.102. The standard InChI is InChI=1S/C23H28N2O2/c1-2-18-11-13-19(14-12-18)26-16-6-5-15-25-21-9-4-3-8-20(21)24-23(25)22-10-7-17-27-22/h3-4,8-9,11-14,22H,2,5-7,10,15-17H2,1H3. The Balaban J connectivity index is 1.36. The van der Waals surface area contributed by atoms with Gasteiger partial charge in [-0.25, -0.2) is 4.98 Å². The third-order valence-electron chi connectivity index (χ3n) is 5.28. The van der Waals surface area contributed by atoms with E-state index in [2.05, 4.69) is 60.0 Å². The fraction of sp³-hybridized carbons (Fsp3) is 0.435. The van der Waals surface area contributed by atoms with Crippen LogP contribution in [0, 0.1) is 0 Å². The van der Waals surface area contributed by atoms with E-state index in [1.54, 1.807) is 0 Å². The van der Waals surface area contributed by atoms with Crippen molar-refractivity contribution < 1.29 is 9.47 Å². The third kappa shape index (κ3) is 4.16. The smallest absolute Gasteiger partial charge is 0.139 e. The van der Waals surface area contributed by atoms with Gasteiger partial charge in [-0.3, -0.25) is 0 Å². The van der Waals surface area contributed by atoms with Gasteiger partial charge in [0.1, 0.15) is 17.7 Å². The number of aromatic nitrogens is 2. The molecule has 3 aromatic rings. The number of para-hydroxylation sites is 2. The van der Waals surface area contributed by atoms with E-state index in [4.69, 9.17) is 14.5 Å². The van der Waals surface area contributed by atoms with E-state index in [0.717, 1.165) is 69.0 Å². The zero-order valence-corrected chi connectivity index (χ0v) is 16.1. The molecule has 0 saturated carbocycles. The number of rotatable bonds is 8. The van der Waals surface area contributed by atoms with Gasteiger partial charge in [-0.2, -0.15) is 0 Å². The van der Waals surface area contributed by atoms with Crippen LogP contribution in [0.2, 0.25) is 0 Å². The number of nitrogens with zero attached hydrogens (tertiary/aromatic N) is 2. The molecule has 1 unspecified atom stereocenters. The van der Waals surface area contributed by atoms with Crippen molar-refractivity contribution in [3.63, 3.8) is 0 Å². The highest BCUT2D eigenvalue weighted by Crippen LogP contribution is 2.30. The molecule has 4 nitrogen and oxygen atoms in total. The van der Waals surface area contributed by atoms with Crippen LogP contribution in [-0.4, -0.2) is 22.8 Å². The summed E-state index contributed by atoms with van der Waals surface area (Å²) in [4.78, 5) is 4.86. The van der Waals surface area contributed by atoms with E-state index in [1.807, 2.05) is 0 Å². The van der Waals surface area contributed by atoms with E-state index < -0.39 is 0 Å². The first-order valence-corrected chi connectivity index (χ1v) is 10.1. The molecule has 1 fully saturated rings. The van der Waals surface area contributed by atoms with Crippen LogP contribution in [-0.2, 0) is 17.7 Å². The van der Waals surface area contributed by atoms with Crippen LogP contribution in [0.15, 0.2) is 48.5 Å². The van der Waals surface area contributed by atoms with Crippen molar-refractivity contribution in [3.05, 3.63) is 59.9 Å². The Morgan fingerprint density at radius 1 is 1.11 bits per heavy atom. The Kier molecular flexibility index (Phi) is 5.73. The summed E-state index contributed by atoms with van der Waals surface area (Å²) in [6.45, 7) is 4.71. The van der Waals surface area contributed by atoms with Crippen LogP contribution in [0.4, 0.5) is 0 Å². The topological polar surface area (TPSA) is 36.3 Å². The maximum Gasteiger partial charge on any atom is 0.139 e. The normalized spacial score (nSPS) is 16.9. The van der Waals surface area contributed by atoms with Gasteiger partial charge in [-0.1, -0.05) is 31.2 Å². The van der Waals surface area contributed by atoms with Crippen LogP contribution in [0.5, 0.6) is 5.75 Å². The molecule has 1 atom stereocenters. The quantitative estimate of drug-likeness (QED) is 0.508. The molecule has 0 bridgehead atoms. The fourth-order valence-corrected chi connectivity index (χ4v) is 3.74. The minimum atomic E-state index is 0.144. The molecule has 1 aromatic heterocycles. The molecule has 0 N–H and O–H groups in total. The summed E-state index contributed by atoms with van der Waals surface area (Å²) in [5, 5.41) is 0. The van der Waals surface area contributed by atoms with Crippen molar-refractivity contribution in [2.24, 2.45) is 0 Å². The minimum Gasteiger partial charge on any atom is -0.494 e. The van der Waals surface area contributed by atoms with E-state index in [-0.39, 0.29) is 6.10 Å². The van der Waals surface area contributed by atoms with Gasteiger partial charge in [0.25, 0.3) is 0 Å². The van der Waals surface area contributed by atoms with E-state index in [9.17, 15) is 0 Å². The molecule has 0 spiro atoms. The maximum atomic E-state index is 5.91. The van der Waals surface area contributed by atoms with Gasteiger partial charge >= 0.3 is 0 Å². The second-order valence-corrected chi connectivity index (χ2v) is 7.17. The lowest BCUT2D eigenvalue weighted by Gasteiger charge is -2.14. The summed E-state index contributed by atoms with van der Waals surface area (Å²) < 4.78 is 14.1. The molecule has 1 saturated heterocycles. The maximum absolute atomic E-state index is 5.91. The van der Waals surface area contributed by atoms with Crippen LogP contribution in [0.1, 0.15) is 50.1 Å². The third-order valence-corrected chi connectivity index (χ3v) is 5.28. The van der Waals surface area contributed by atoms with Gasteiger partial charge in [0.15, 0.2) is 0 Å². The Labute approximate surface area is 161 Å². The van der Waals surface area contributed by atoms with Crippen LogP contribution in [0.3, 0.4) is 0 Å². The molecule has 0 aliphatic carbocycles. The SMILES string of the molecule is CCc1ccc(OCCCCn2c(C3CCCO3)nc3ccccc32)cc1. The average molecular weight is 364 g/mol. The van der Waals surface area contributed by atoms with Crippen molar-refractivity contribution >= 4 is 11.0 Å². The van der Waals surface area contributed by atoms with Crippen LogP contribution in [0.25, 0.3) is 11.0 Å². The first-order chi connectivity index (χ1) is 13.3. The van der Waals surface area contributed by atoms with Crippen molar-refractivity contribution in [1.29, 1.82) is 0 Å². The van der Waals surface area contributed by atoms with Crippen molar-refractivity contribution in [3.8, 4) is 5.75 Å². The summed E-state index contributed by atoms with van der Waals surface area (Å²) in [6.07, 6.45) is 5.48. The summed E-state index contributed by atoms with van der Waals surface area (Å²) in [6, 6.07) is 16.8. The predicted molar refractivity (Wildman–Crippen MR) is 108 cm³/mol. The average Bonchev–Trinajstić information content (AvgIpc) is 3.36. The molecule has 0 radical (unpaired) electrons. The minimum absolute atomic E-state index is 0.144. The van der Waals surface area contributed by atoms with Crippen molar-refractivity contribution in [1.82, 2.24) is 9.55 Å². The summed E-state index contributed by atoms with van der Waals surface area (Å²) in [5.74, 6) is 2.05. The Hall–Kier alpha value is -2.33. The van der Waals surface area contributed by atoms with Gasteiger partial charge in [-0.15, -0.1) is 0 Å². The summed E-state index contributed by atoms with van der Waals surface area (Å²) in [5.41, 5.74) is 3.62. The zero-order valence-electron chi connectivity index (χ0n) is 16.1. The molecule has 2 aromatic carbocycles. The number of benzene rings is 2. The zero-order chi connectivity index (χ0) is 18.5. The molecule has 2 heterocycles. The highest BCUT2D eigenvalue weighted by Gasteiger charge is 2.24. The molecule has 1 aliphatic rings. The fourth-order valence-electron chi connectivity index (χ4n) is 3.74. The van der Waals surface area contributed by atoms with E-state index >= 15 is 0 Å². The largest absolute Gasteiger partial charge is 0.494 e. The summed E-state index contributed by atoms with van der Waals surface area (Å²) in [7, 11) is 0. The molecule has 27 heavy (non-hydrogen) atoms. The highest BCUT2D eigenvalue weighted by atomic mass is 16.5. The van der Waals surface area contributed by atoms with Crippen molar-refractivity contribution in [2.45, 2.75) is 51.7 Å². The molecule has 1 aliphatic heterocycles. The molecule has 4 rings (SSSR count). The number of hydrogen-bond donors (Lipinski definition) is 0. The number of unbranched alkanes of at least 4 members (excludes halogenated alkanes) is 1. The molecular formula is C23H28N2O2. The Morgan fingerprint density at radius 2 is 1.96 bits per heavy atom. The predicted octanol–water partition coefficient (Wildman–Crippen LogP) is 5.31. The van der Waals surface area contributed by atoms with Crippen molar-refractivity contribution in [2.75, 3.05) is 13.2 Å². The van der Waals surface area contributed by atoms with Crippen LogP contribution < -0.4 is 4.74 Å². The Bertz CT molecular complexity index is 864. The van der Waals surface area contributed by atoms with Gasteiger partial charge in [0.2, 0.25) is 0 Å². The number of aryl methyl sites for hydroxylation is 2. The second kappa shape index (κ2) is 8.57. The first kappa shape index (κ1) is 18.1.